The second kappa shape index (κ2) is 8.58. The van der Waals surface area contributed by atoms with E-state index in [1.54, 1.807) is 13.2 Å². The largest absolute Gasteiger partial charge is 0.383 e. The van der Waals surface area contributed by atoms with E-state index in [1.807, 2.05) is 0 Å². The van der Waals surface area contributed by atoms with Crippen LogP contribution in [0.2, 0.25) is 0 Å². The minimum absolute atomic E-state index is 0.205. The predicted octanol–water partition coefficient (Wildman–Crippen LogP) is 1.91. The van der Waals surface area contributed by atoms with Gasteiger partial charge < -0.3 is 15.4 Å². The Labute approximate surface area is 110 Å². The Morgan fingerprint density at radius 2 is 2.00 bits per heavy atom. The molecule has 0 saturated heterocycles. The van der Waals surface area contributed by atoms with Gasteiger partial charge >= 0.3 is 0 Å². The first-order valence-electron chi connectivity index (χ1n) is 5.58. The van der Waals surface area contributed by atoms with Crippen LogP contribution in [0.15, 0.2) is 22.7 Å². The van der Waals surface area contributed by atoms with E-state index in [2.05, 4.69) is 26.6 Å². The molecule has 1 aromatic carbocycles. The van der Waals surface area contributed by atoms with Crippen molar-refractivity contribution in [1.29, 1.82) is 0 Å². The van der Waals surface area contributed by atoms with Gasteiger partial charge in [-0.1, -0.05) is 15.9 Å². The lowest BCUT2D eigenvalue weighted by Gasteiger charge is -2.08. The molecular formula is C12H18BrFN2O. The third-order valence-corrected chi connectivity index (χ3v) is 3.06. The fourth-order valence-corrected chi connectivity index (χ4v) is 1.76. The highest BCUT2D eigenvalue weighted by atomic mass is 79.9. The molecule has 0 bridgehead atoms. The number of ether oxygens (including phenoxy) is 1. The molecule has 17 heavy (non-hydrogen) atoms. The number of rotatable bonds is 8. The molecule has 1 rings (SSSR count). The Hall–Kier alpha value is -0.490. The molecule has 3 nitrogen and oxygen atoms in total. The van der Waals surface area contributed by atoms with Crippen molar-refractivity contribution in [2.24, 2.45) is 0 Å². The van der Waals surface area contributed by atoms with Gasteiger partial charge in [-0.2, -0.15) is 0 Å². The van der Waals surface area contributed by atoms with Gasteiger partial charge in [-0.3, -0.25) is 0 Å². The second-order valence-electron chi connectivity index (χ2n) is 3.66. The van der Waals surface area contributed by atoms with Gasteiger partial charge in [0.05, 0.1) is 6.61 Å². The average Bonchev–Trinajstić information content (AvgIpc) is 2.32. The van der Waals surface area contributed by atoms with Crippen LogP contribution >= 0.6 is 15.9 Å². The molecule has 0 fully saturated rings. The molecule has 96 valence electrons. The average molecular weight is 305 g/mol. The number of halogens is 2. The van der Waals surface area contributed by atoms with Crippen LogP contribution < -0.4 is 10.6 Å². The first-order chi connectivity index (χ1) is 8.24. The summed E-state index contributed by atoms with van der Waals surface area (Å²) in [7, 11) is 1.68. The van der Waals surface area contributed by atoms with Crippen LogP contribution in [0.4, 0.5) is 4.39 Å². The molecular weight excluding hydrogens is 287 g/mol. The summed E-state index contributed by atoms with van der Waals surface area (Å²) in [5.74, 6) is -0.205. The van der Waals surface area contributed by atoms with Crippen LogP contribution in [-0.2, 0) is 11.3 Å². The summed E-state index contributed by atoms with van der Waals surface area (Å²) in [6.07, 6.45) is 0. The maximum Gasteiger partial charge on any atom is 0.123 e. The lowest BCUT2D eigenvalue weighted by Crippen LogP contribution is -2.29. The monoisotopic (exact) mass is 304 g/mol. The lowest BCUT2D eigenvalue weighted by molar-refractivity contribution is 0.199. The standard InChI is InChI=1S/C12H18BrFN2O/c1-17-7-6-15-4-5-16-9-10-8-11(14)2-3-12(10)13/h2-3,8,15-16H,4-7,9H2,1H3. The molecule has 0 radical (unpaired) electrons. The molecule has 2 N–H and O–H groups in total. The summed E-state index contributed by atoms with van der Waals surface area (Å²) in [4.78, 5) is 0. The highest BCUT2D eigenvalue weighted by Gasteiger charge is 2.00. The maximum absolute atomic E-state index is 13.0. The van der Waals surface area contributed by atoms with Gasteiger partial charge in [0.15, 0.2) is 0 Å². The zero-order valence-corrected chi connectivity index (χ0v) is 11.5. The maximum atomic E-state index is 13.0. The van der Waals surface area contributed by atoms with Crippen molar-refractivity contribution in [2.75, 3.05) is 33.4 Å². The fourth-order valence-electron chi connectivity index (χ4n) is 1.38. The Morgan fingerprint density at radius 3 is 2.76 bits per heavy atom. The normalized spacial score (nSPS) is 10.8. The number of nitrogens with one attached hydrogen (secondary N) is 2. The molecule has 5 heteroatoms. The SMILES string of the molecule is COCCNCCNCc1cc(F)ccc1Br. The Morgan fingerprint density at radius 1 is 1.24 bits per heavy atom. The number of hydrogen-bond donors (Lipinski definition) is 2. The summed E-state index contributed by atoms with van der Waals surface area (Å²) in [6.45, 7) is 3.94. The molecule has 0 unspecified atom stereocenters. The van der Waals surface area contributed by atoms with E-state index in [0.29, 0.717) is 6.54 Å². The molecule has 0 aliphatic carbocycles. The van der Waals surface area contributed by atoms with Crippen molar-refractivity contribution in [3.05, 3.63) is 34.1 Å². The minimum Gasteiger partial charge on any atom is -0.383 e. The van der Waals surface area contributed by atoms with E-state index in [4.69, 9.17) is 4.74 Å². The Balaban J connectivity index is 2.15. The quantitative estimate of drug-likeness (QED) is 0.720. The molecule has 0 saturated carbocycles. The van der Waals surface area contributed by atoms with E-state index in [9.17, 15) is 4.39 Å². The van der Waals surface area contributed by atoms with Crippen LogP contribution in [-0.4, -0.2) is 33.4 Å². The summed E-state index contributed by atoms with van der Waals surface area (Å²) in [5, 5.41) is 6.47. The van der Waals surface area contributed by atoms with Crippen molar-refractivity contribution in [3.8, 4) is 0 Å². The minimum atomic E-state index is -0.205. The highest BCUT2D eigenvalue weighted by Crippen LogP contribution is 2.17. The van der Waals surface area contributed by atoms with Gasteiger partial charge in [0.25, 0.3) is 0 Å². The first kappa shape index (κ1) is 14.6. The molecule has 0 amide bonds. The third kappa shape index (κ3) is 6.12. The zero-order valence-electron chi connectivity index (χ0n) is 9.93. The van der Waals surface area contributed by atoms with Gasteiger partial charge in [-0.15, -0.1) is 0 Å². The van der Waals surface area contributed by atoms with E-state index in [0.717, 1.165) is 36.3 Å². The van der Waals surface area contributed by atoms with Gasteiger partial charge in [0.2, 0.25) is 0 Å². The van der Waals surface area contributed by atoms with E-state index < -0.39 is 0 Å². The number of benzene rings is 1. The van der Waals surface area contributed by atoms with Crippen molar-refractivity contribution < 1.29 is 9.13 Å². The lowest BCUT2D eigenvalue weighted by atomic mass is 10.2. The summed E-state index contributed by atoms with van der Waals surface area (Å²) in [5.41, 5.74) is 0.932. The summed E-state index contributed by atoms with van der Waals surface area (Å²) in [6, 6.07) is 4.71. The molecule has 0 heterocycles. The van der Waals surface area contributed by atoms with Crippen LogP contribution in [0.3, 0.4) is 0 Å². The summed E-state index contributed by atoms with van der Waals surface area (Å²) >= 11 is 3.39. The molecule has 0 aromatic heterocycles. The van der Waals surface area contributed by atoms with E-state index in [1.165, 1.54) is 12.1 Å². The van der Waals surface area contributed by atoms with E-state index >= 15 is 0 Å². The topological polar surface area (TPSA) is 33.3 Å². The van der Waals surface area contributed by atoms with Gasteiger partial charge in [-0.05, 0) is 23.8 Å². The Bertz CT molecular complexity index is 336. The van der Waals surface area contributed by atoms with Crippen LogP contribution in [0.5, 0.6) is 0 Å². The molecule has 0 spiro atoms. The zero-order chi connectivity index (χ0) is 12.5. The van der Waals surface area contributed by atoms with Crippen LogP contribution in [0.25, 0.3) is 0 Å². The number of methoxy groups -OCH3 is 1. The van der Waals surface area contributed by atoms with Gasteiger partial charge in [0.1, 0.15) is 5.82 Å². The van der Waals surface area contributed by atoms with Crippen LogP contribution in [0, 0.1) is 5.82 Å². The summed E-state index contributed by atoms with van der Waals surface area (Å²) < 4.78 is 18.8. The highest BCUT2D eigenvalue weighted by molar-refractivity contribution is 9.10. The van der Waals surface area contributed by atoms with Gasteiger partial charge in [-0.25, -0.2) is 4.39 Å². The molecule has 0 aliphatic heterocycles. The smallest absolute Gasteiger partial charge is 0.123 e. The van der Waals surface area contributed by atoms with Gasteiger partial charge in [0, 0.05) is 37.8 Å². The first-order valence-corrected chi connectivity index (χ1v) is 6.37. The van der Waals surface area contributed by atoms with Crippen LogP contribution in [0.1, 0.15) is 5.56 Å². The van der Waals surface area contributed by atoms with E-state index in [-0.39, 0.29) is 5.82 Å². The van der Waals surface area contributed by atoms with Crippen molar-refractivity contribution in [1.82, 2.24) is 10.6 Å². The Kier molecular flexibility index (Phi) is 7.35. The van der Waals surface area contributed by atoms with Crippen molar-refractivity contribution >= 4 is 15.9 Å². The van der Waals surface area contributed by atoms with Crippen molar-refractivity contribution in [3.63, 3.8) is 0 Å². The molecule has 0 atom stereocenters. The molecule has 0 aliphatic rings. The predicted molar refractivity (Wildman–Crippen MR) is 70.6 cm³/mol. The number of hydrogen-bond acceptors (Lipinski definition) is 3. The third-order valence-electron chi connectivity index (χ3n) is 2.28. The molecule has 1 aromatic rings. The fraction of sp³-hybridized carbons (Fsp3) is 0.500. The second-order valence-corrected chi connectivity index (χ2v) is 4.51. The van der Waals surface area contributed by atoms with Crippen molar-refractivity contribution in [2.45, 2.75) is 6.54 Å².